The minimum absolute atomic E-state index is 0.250. The van der Waals surface area contributed by atoms with Crippen molar-refractivity contribution in [3.05, 3.63) is 28.3 Å². The van der Waals surface area contributed by atoms with Crippen molar-refractivity contribution in [2.75, 3.05) is 6.54 Å². The molecule has 0 spiro atoms. The van der Waals surface area contributed by atoms with Crippen LogP contribution in [0.5, 0.6) is 5.75 Å². The summed E-state index contributed by atoms with van der Waals surface area (Å²) in [7, 11) is 0. The molecule has 0 saturated heterocycles. The Morgan fingerprint density at radius 2 is 1.90 bits per heavy atom. The van der Waals surface area contributed by atoms with Gasteiger partial charge < -0.3 is 10.5 Å². The van der Waals surface area contributed by atoms with Gasteiger partial charge in [0.15, 0.2) is 0 Å². The third-order valence-electron chi connectivity index (χ3n) is 4.73. The van der Waals surface area contributed by atoms with E-state index in [9.17, 15) is 0 Å². The molecule has 2 nitrogen and oxygen atoms in total. The zero-order valence-corrected chi connectivity index (χ0v) is 14.2. The minimum atomic E-state index is 0.250. The molecule has 3 atom stereocenters. The number of benzene rings is 1. The highest BCUT2D eigenvalue weighted by molar-refractivity contribution is 6.32. The van der Waals surface area contributed by atoms with Gasteiger partial charge in [0.05, 0.1) is 0 Å². The number of nitrogens with two attached hydrogens (primary N) is 1. The molecule has 0 aliphatic heterocycles. The van der Waals surface area contributed by atoms with E-state index in [2.05, 4.69) is 6.92 Å². The number of halogens is 1. The van der Waals surface area contributed by atoms with Crippen LogP contribution in [0.2, 0.25) is 5.02 Å². The second kappa shape index (κ2) is 7.51. The van der Waals surface area contributed by atoms with Crippen molar-refractivity contribution in [1.29, 1.82) is 0 Å². The van der Waals surface area contributed by atoms with Crippen LogP contribution in [0.3, 0.4) is 0 Å². The van der Waals surface area contributed by atoms with Gasteiger partial charge in [-0.25, -0.2) is 0 Å². The first-order valence-corrected chi connectivity index (χ1v) is 8.56. The SMILES string of the molecule is CCCC1CCC(CN)C(Oc2cc(C)c(Cl)c(C)c2)C1. The molecule has 1 aliphatic rings. The summed E-state index contributed by atoms with van der Waals surface area (Å²) in [5.41, 5.74) is 8.11. The lowest BCUT2D eigenvalue weighted by molar-refractivity contribution is 0.0668. The standard InChI is InChI=1S/C18H28ClNO/c1-4-5-14-6-7-15(11-20)17(10-14)21-16-8-12(2)18(19)13(3)9-16/h8-9,14-15,17H,4-7,10-11,20H2,1-3H3. The lowest BCUT2D eigenvalue weighted by Crippen LogP contribution is -2.38. The van der Waals surface area contributed by atoms with Crippen LogP contribution in [0.1, 0.15) is 50.2 Å². The summed E-state index contributed by atoms with van der Waals surface area (Å²) in [6, 6.07) is 4.10. The smallest absolute Gasteiger partial charge is 0.120 e. The molecule has 0 amide bonds. The lowest BCUT2D eigenvalue weighted by Gasteiger charge is -2.36. The lowest BCUT2D eigenvalue weighted by atomic mass is 9.78. The fraction of sp³-hybridized carbons (Fsp3) is 0.667. The molecule has 3 unspecified atom stereocenters. The summed E-state index contributed by atoms with van der Waals surface area (Å²) in [5.74, 6) is 2.21. The molecule has 2 rings (SSSR count). The third-order valence-corrected chi connectivity index (χ3v) is 5.33. The molecule has 1 aromatic carbocycles. The van der Waals surface area contributed by atoms with E-state index in [1.165, 1.54) is 25.7 Å². The summed E-state index contributed by atoms with van der Waals surface area (Å²) in [6.45, 7) is 7.04. The first-order chi connectivity index (χ1) is 10.0. The maximum Gasteiger partial charge on any atom is 0.120 e. The van der Waals surface area contributed by atoms with E-state index in [-0.39, 0.29) is 6.10 Å². The second-order valence-electron chi connectivity index (χ2n) is 6.49. The molecule has 0 bridgehead atoms. The van der Waals surface area contributed by atoms with Crippen LogP contribution in [0.4, 0.5) is 0 Å². The predicted octanol–water partition coefficient (Wildman–Crippen LogP) is 4.88. The maximum absolute atomic E-state index is 6.31. The molecular formula is C18H28ClNO. The highest BCUT2D eigenvalue weighted by atomic mass is 35.5. The van der Waals surface area contributed by atoms with Crippen LogP contribution < -0.4 is 10.5 Å². The average Bonchev–Trinajstić information content (AvgIpc) is 2.45. The quantitative estimate of drug-likeness (QED) is 0.841. The third kappa shape index (κ3) is 4.14. The molecule has 1 fully saturated rings. The van der Waals surface area contributed by atoms with Gasteiger partial charge in [0.1, 0.15) is 11.9 Å². The summed E-state index contributed by atoms with van der Waals surface area (Å²) in [6.07, 6.45) is 6.43. The van der Waals surface area contributed by atoms with Gasteiger partial charge in [-0.05, 0) is 68.8 Å². The van der Waals surface area contributed by atoms with Crippen molar-refractivity contribution < 1.29 is 4.74 Å². The largest absolute Gasteiger partial charge is 0.490 e. The molecule has 3 heteroatoms. The summed E-state index contributed by atoms with van der Waals surface area (Å²) >= 11 is 6.24. The molecule has 0 radical (unpaired) electrons. The van der Waals surface area contributed by atoms with E-state index >= 15 is 0 Å². The van der Waals surface area contributed by atoms with Gasteiger partial charge in [0.25, 0.3) is 0 Å². The van der Waals surface area contributed by atoms with Gasteiger partial charge in [0, 0.05) is 10.9 Å². The van der Waals surface area contributed by atoms with Crippen molar-refractivity contribution in [1.82, 2.24) is 0 Å². The van der Waals surface area contributed by atoms with Gasteiger partial charge >= 0.3 is 0 Å². The second-order valence-corrected chi connectivity index (χ2v) is 6.87. The van der Waals surface area contributed by atoms with Crippen molar-refractivity contribution in [3.63, 3.8) is 0 Å². The molecule has 0 aromatic heterocycles. The zero-order valence-electron chi connectivity index (χ0n) is 13.5. The van der Waals surface area contributed by atoms with Crippen LogP contribution in [0.15, 0.2) is 12.1 Å². The predicted molar refractivity (Wildman–Crippen MR) is 90.1 cm³/mol. The first-order valence-electron chi connectivity index (χ1n) is 8.18. The number of rotatable bonds is 5. The zero-order chi connectivity index (χ0) is 15.4. The van der Waals surface area contributed by atoms with Crippen LogP contribution in [0, 0.1) is 25.7 Å². The Balaban J connectivity index is 2.11. The van der Waals surface area contributed by atoms with E-state index in [1.54, 1.807) is 0 Å². The maximum atomic E-state index is 6.31. The first kappa shape index (κ1) is 16.6. The summed E-state index contributed by atoms with van der Waals surface area (Å²) < 4.78 is 6.31. The fourth-order valence-corrected chi connectivity index (χ4v) is 3.62. The van der Waals surface area contributed by atoms with E-state index in [0.717, 1.165) is 40.8 Å². The molecule has 118 valence electrons. The Labute approximate surface area is 134 Å². The monoisotopic (exact) mass is 309 g/mol. The fourth-order valence-electron chi connectivity index (χ4n) is 3.51. The van der Waals surface area contributed by atoms with E-state index in [0.29, 0.717) is 5.92 Å². The molecule has 2 N–H and O–H groups in total. The summed E-state index contributed by atoms with van der Waals surface area (Å²) in [4.78, 5) is 0. The van der Waals surface area contributed by atoms with Gasteiger partial charge in [0.2, 0.25) is 0 Å². The Morgan fingerprint density at radius 1 is 1.24 bits per heavy atom. The van der Waals surface area contributed by atoms with Crippen LogP contribution in [0.25, 0.3) is 0 Å². The van der Waals surface area contributed by atoms with Crippen molar-refractivity contribution in [2.24, 2.45) is 17.6 Å². The number of aryl methyl sites for hydroxylation is 2. The van der Waals surface area contributed by atoms with Gasteiger partial charge in [-0.1, -0.05) is 31.4 Å². The average molecular weight is 310 g/mol. The van der Waals surface area contributed by atoms with Crippen LogP contribution in [-0.4, -0.2) is 12.6 Å². The highest BCUT2D eigenvalue weighted by Gasteiger charge is 2.31. The molecule has 1 aliphatic carbocycles. The normalized spacial score (nSPS) is 25.9. The van der Waals surface area contributed by atoms with Crippen LogP contribution in [-0.2, 0) is 0 Å². The number of ether oxygens (including phenoxy) is 1. The highest BCUT2D eigenvalue weighted by Crippen LogP contribution is 2.35. The number of hydrogen-bond donors (Lipinski definition) is 1. The Hall–Kier alpha value is -0.730. The number of hydrogen-bond acceptors (Lipinski definition) is 2. The van der Waals surface area contributed by atoms with Crippen molar-refractivity contribution >= 4 is 11.6 Å². The van der Waals surface area contributed by atoms with Gasteiger partial charge in [-0.2, -0.15) is 0 Å². The molecule has 21 heavy (non-hydrogen) atoms. The molecule has 1 aromatic rings. The van der Waals surface area contributed by atoms with Crippen molar-refractivity contribution in [2.45, 2.75) is 59.0 Å². The molecular weight excluding hydrogens is 282 g/mol. The molecule has 1 saturated carbocycles. The van der Waals surface area contributed by atoms with Crippen LogP contribution >= 0.6 is 11.6 Å². The topological polar surface area (TPSA) is 35.2 Å². The van der Waals surface area contributed by atoms with E-state index in [1.807, 2.05) is 26.0 Å². The van der Waals surface area contributed by atoms with E-state index < -0.39 is 0 Å². The van der Waals surface area contributed by atoms with Gasteiger partial charge in [-0.15, -0.1) is 0 Å². The van der Waals surface area contributed by atoms with Crippen molar-refractivity contribution in [3.8, 4) is 5.75 Å². The van der Waals surface area contributed by atoms with Gasteiger partial charge in [-0.3, -0.25) is 0 Å². The Bertz CT molecular complexity index is 451. The van der Waals surface area contributed by atoms with E-state index in [4.69, 9.17) is 22.1 Å². The summed E-state index contributed by atoms with van der Waals surface area (Å²) in [5, 5.41) is 0.838. The minimum Gasteiger partial charge on any atom is -0.490 e. The molecule has 0 heterocycles. The Morgan fingerprint density at radius 3 is 2.48 bits per heavy atom. The Kier molecular flexibility index (Phi) is 5.95.